The Balaban J connectivity index is 0. The van der Waals surface area contributed by atoms with Gasteiger partial charge < -0.3 is 5.73 Å². The second kappa shape index (κ2) is 11.7. The Bertz CT molecular complexity index is 40.0. The van der Waals surface area contributed by atoms with Crippen molar-refractivity contribution < 1.29 is 0 Å². The van der Waals surface area contributed by atoms with Crippen LogP contribution < -0.4 is 5.73 Å². The molecular formula is C9H23N. The number of hydrogen-bond donors (Lipinski definition) is 1. The zero-order valence-electron chi connectivity index (χ0n) is 7.98. The Morgan fingerprint density at radius 3 is 1.50 bits per heavy atom. The molecule has 0 heterocycles. The van der Waals surface area contributed by atoms with Gasteiger partial charge in [0.25, 0.3) is 0 Å². The molecule has 1 heteroatoms. The summed E-state index contributed by atoms with van der Waals surface area (Å²) in [5, 5.41) is 0. The Hall–Kier alpha value is -0.0400. The molecular weight excluding hydrogens is 122 g/mol. The van der Waals surface area contributed by atoms with Crippen LogP contribution in [0.4, 0.5) is 0 Å². The minimum Gasteiger partial charge on any atom is -0.330 e. The maximum absolute atomic E-state index is 5.03. The van der Waals surface area contributed by atoms with Crippen LogP contribution in [0.1, 0.15) is 47.0 Å². The molecule has 0 fully saturated rings. The van der Waals surface area contributed by atoms with Gasteiger partial charge in [0.1, 0.15) is 0 Å². The van der Waals surface area contributed by atoms with Crippen molar-refractivity contribution >= 4 is 0 Å². The van der Waals surface area contributed by atoms with E-state index >= 15 is 0 Å². The predicted molar refractivity (Wildman–Crippen MR) is 49.1 cm³/mol. The van der Waals surface area contributed by atoms with Crippen molar-refractivity contribution in [3.63, 3.8) is 0 Å². The fourth-order valence-corrected chi connectivity index (χ4v) is 0.577. The van der Waals surface area contributed by atoms with Crippen molar-refractivity contribution in [1.82, 2.24) is 0 Å². The lowest BCUT2D eigenvalue weighted by molar-refractivity contribution is 0.576. The third kappa shape index (κ3) is 24.6. The summed E-state index contributed by atoms with van der Waals surface area (Å²) in [6.07, 6.45) is 3.80. The lowest BCUT2D eigenvalue weighted by Gasteiger charge is -1.95. The molecule has 0 unspecified atom stereocenters. The van der Waals surface area contributed by atoms with Gasteiger partial charge in [-0.15, -0.1) is 0 Å². The normalized spacial score (nSPS) is 9.00. The highest BCUT2D eigenvalue weighted by atomic mass is 14.5. The zero-order valence-corrected chi connectivity index (χ0v) is 7.98. The highest BCUT2D eigenvalue weighted by molar-refractivity contribution is 4.38. The van der Waals surface area contributed by atoms with Crippen molar-refractivity contribution in [2.75, 3.05) is 6.54 Å². The molecule has 0 aliphatic heterocycles. The molecule has 64 valence electrons. The van der Waals surface area contributed by atoms with Crippen LogP contribution in [-0.4, -0.2) is 6.54 Å². The van der Waals surface area contributed by atoms with Gasteiger partial charge in [-0.25, -0.2) is 0 Å². The summed E-state index contributed by atoms with van der Waals surface area (Å²) in [5.74, 6) is 0.898. The van der Waals surface area contributed by atoms with E-state index in [2.05, 4.69) is 27.7 Å². The van der Waals surface area contributed by atoms with Crippen molar-refractivity contribution in [2.24, 2.45) is 11.7 Å². The fraction of sp³-hybridized carbons (Fsp3) is 1.00. The monoisotopic (exact) mass is 145 g/mol. The number of hydrogen-bond acceptors (Lipinski definition) is 1. The summed E-state index contributed by atoms with van der Waals surface area (Å²) in [6.45, 7) is 9.60. The van der Waals surface area contributed by atoms with E-state index in [9.17, 15) is 0 Å². The summed E-state index contributed by atoms with van der Waals surface area (Å²) in [7, 11) is 0. The van der Waals surface area contributed by atoms with Crippen molar-refractivity contribution in [3.8, 4) is 0 Å². The standard InChI is InChI=1S/C6H14.C3H9N/c1-4-5-6(2)3;1-2-3-4/h6H,4-5H2,1-3H3;2-4H2,1H3. The molecule has 0 saturated carbocycles. The van der Waals surface area contributed by atoms with Crippen molar-refractivity contribution in [1.29, 1.82) is 0 Å². The largest absolute Gasteiger partial charge is 0.330 e. The van der Waals surface area contributed by atoms with Gasteiger partial charge in [0, 0.05) is 0 Å². The number of rotatable bonds is 3. The molecule has 0 bridgehead atoms. The SMILES string of the molecule is CCCC(C)C.CCCN. The van der Waals surface area contributed by atoms with E-state index in [0.29, 0.717) is 0 Å². The quantitative estimate of drug-likeness (QED) is 0.649. The summed E-state index contributed by atoms with van der Waals surface area (Å²) >= 11 is 0. The van der Waals surface area contributed by atoms with Gasteiger partial charge in [-0.05, 0) is 18.9 Å². The van der Waals surface area contributed by atoms with E-state index in [4.69, 9.17) is 5.73 Å². The molecule has 0 aromatic heterocycles. The van der Waals surface area contributed by atoms with Crippen LogP contribution in [0.2, 0.25) is 0 Å². The van der Waals surface area contributed by atoms with Gasteiger partial charge in [-0.3, -0.25) is 0 Å². The Morgan fingerprint density at radius 2 is 1.50 bits per heavy atom. The van der Waals surface area contributed by atoms with Gasteiger partial charge in [-0.1, -0.05) is 40.5 Å². The third-order valence-electron chi connectivity index (χ3n) is 1.15. The van der Waals surface area contributed by atoms with Crippen LogP contribution in [-0.2, 0) is 0 Å². The second-order valence-electron chi connectivity index (χ2n) is 2.97. The molecule has 0 rings (SSSR count). The minimum atomic E-state index is 0.819. The Kier molecular flexibility index (Phi) is 14.8. The van der Waals surface area contributed by atoms with E-state index in [-0.39, 0.29) is 0 Å². The van der Waals surface area contributed by atoms with Gasteiger partial charge in [0.2, 0.25) is 0 Å². The Morgan fingerprint density at radius 1 is 1.10 bits per heavy atom. The van der Waals surface area contributed by atoms with Gasteiger partial charge in [0.05, 0.1) is 0 Å². The van der Waals surface area contributed by atoms with Crippen molar-refractivity contribution in [3.05, 3.63) is 0 Å². The highest BCUT2D eigenvalue weighted by Gasteiger charge is 1.85. The van der Waals surface area contributed by atoms with E-state index in [1.54, 1.807) is 0 Å². The fourth-order valence-electron chi connectivity index (χ4n) is 0.577. The van der Waals surface area contributed by atoms with E-state index in [1.807, 2.05) is 0 Å². The van der Waals surface area contributed by atoms with E-state index < -0.39 is 0 Å². The molecule has 0 aromatic rings. The van der Waals surface area contributed by atoms with Crippen LogP contribution in [0, 0.1) is 5.92 Å². The van der Waals surface area contributed by atoms with Gasteiger partial charge in [0.15, 0.2) is 0 Å². The first-order chi connectivity index (χ1) is 4.68. The predicted octanol–water partition coefficient (Wildman–Crippen LogP) is 2.80. The van der Waals surface area contributed by atoms with Crippen LogP contribution in [0.25, 0.3) is 0 Å². The molecule has 0 aromatic carbocycles. The summed E-state index contributed by atoms with van der Waals surface area (Å²) in [5.41, 5.74) is 5.03. The molecule has 0 atom stereocenters. The van der Waals surface area contributed by atoms with Gasteiger partial charge >= 0.3 is 0 Å². The van der Waals surface area contributed by atoms with Crippen LogP contribution in [0.3, 0.4) is 0 Å². The first-order valence-electron chi connectivity index (χ1n) is 4.39. The highest BCUT2D eigenvalue weighted by Crippen LogP contribution is 2.00. The molecule has 0 amide bonds. The lowest BCUT2D eigenvalue weighted by Crippen LogP contribution is -1.93. The molecule has 2 N–H and O–H groups in total. The average molecular weight is 145 g/mol. The third-order valence-corrected chi connectivity index (χ3v) is 1.15. The summed E-state index contributed by atoms with van der Waals surface area (Å²) < 4.78 is 0. The molecule has 0 saturated heterocycles. The Labute approximate surface area is 66.0 Å². The smallest absolute Gasteiger partial charge is 0.00799 e. The van der Waals surface area contributed by atoms with Crippen LogP contribution in [0.5, 0.6) is 0 Å². The second-order valence-corrected chi connectivity index (χ2v) is 2.97. The molecule has 0 aliphatic carbocycles. The molecule has 0 radical (unpaired) electrons. The van der Waals surface area contributed by atoms with E-state index in [1.165, 1.54) is 12.8 Å². The topological polar surface area (TPSA) is 26.0 Å². The van der Waals surface area contributed by atoms with Crippen LogP contribution >= 0.6 is 0 Å². The van der Waals surface area contributed by atoms with Crippen LogP contribution in [0.15, 0.2) is 0 Å². The maximum atomic E-state index is 5.03. The lowest BCUT2D eigenvalue weighted by atomic mass is 10.1. The zero-order chi connectivity index (χ0) is 8.41. The molecule has 10 heavy (non-hydrogen) atoms. The van der Waals surface area contributed by atoms with Gasteiger partial charge in [-0.2, -0.15) is 0 Å². The first-order valence-corrected chi connectivity index (χ1v) is 4.39. The minimum absolute atomic E-state index is 0.819. The summed E-state index contributed by atoms with van der Waals surface area (Å²) in [6, 6.07) is 0. The average Bonchev–Trinajstić information content (AvgIpc) is 1.89. The molecule has 1 nitrogen and oxygen atoms in total. The molecule has 0 spiro atoms. The number of nitrogens with two attached hydrogens (primary N) is 1. The maximum Gasteiger partial charge on any atom is -0.00799 e. The first kappa shape index (κ1) is 12.6. The van der Waals surface area contributed by atoms with Crippen molar-refractivity contribution in [2.45, 2.75) is 47.0 Å². The molecule has 0 aliphatic rings. The summed E-state index contributed by atoms with van der Waals surface area (Å²) in [4.78, 5) is 0. The van der Waals surface area contributed by atoms with E-state index in [0.717, 1.165) is 18.9 Å².